The van der Waals surface area contributed by atoms with E-state index in [-0.39, 0.29) is 12.0 Å². The maximum atomic E-state index is 12.8. The minimum Gasteiger partial charge on any atom is -0.480 e. The van der Waals surface area contributed by atoms with Gasteiger partial charge in [0, 0.05) is 24.6 Å². The highest BCUT2D eigenvalue weighted by Gasteiger charge is 2.24. The van der Waals surface area contributed by atoms with Gasteiger partial charge in [0.15, 0.2) is 0 Å². The second-order valence-corrected chi connectivity index (χ2v) is 6.96. The van der Waals surface area contributed by atoms with Crippen molar-refractivity contribution >= 4 is 23.6 Å². The van der Waals surface area contributed by atoms with E-state index in [0.29, 0.717) is 23.5 Å². The molecule has 6 heteroatoms. The van der Waals surface area contributed by atoms with E-state index in [2.05, 4.69) is 0 Å². The Balaban J connectivity index is 2.14. The van der Waals surface area contributed by atoms with Crippen LogP contribution in [0.25, 0.3) is 0 Å². The van der Waals surface area contributed by atoms with Crippen LogP contribution in [0, 0.1) is 0 Å². The molecular formula is C17H23NO4S. The first kappa shape index (κ1) is 17.8. The van der Waals surface area contributed by atoms with E-state index < -0.39 is 11.2 Å². The maximum Gasteiger partial charge on any atom is 0.316 e. The monoisotopic (exact) mass is 337 g/mol. The predicted octanol–water partition coefficient (Wildman–Crippen LogP) is 2.89. The van der Waals surface area contributed by atoms with Crippen LogP contribution in [0.2, 0.25) is 0 Å². The van der Waals surface area contributed by atoms with Crippen LogP contribution < -0.4 is 0 Å². The molecule has 126 valence electrons. The van der Waals surface area contributed by atoms with Gasteiger partial charge in [0.25, 0.3) is 5.91 Å². The molecule has 1 N–H and O–H groups in total. The summed E-state index contributed by atoms with van der Waals surface area (Å²) in [4.78, 5) is 26.4. The summed E-state index contributed by atoms with van der Waals surface area (Å²) in [7, 11) is 0. The van der Waals surface area contributed by atoms with Crippen molar-refractivity contribution in [1.82, 2.24) is 4.90 Å². The van der Waals surface area contributed by atoms with E-state index in [1.165, 1.54) is 11.8 Å². The number of carbonyl (C=O) groups is 2. The number of nitrogens with zero attached hydrogens (tertiary/aromatic N) is 1. The molecule has 1 aromatic rings. The number of rotatable bonds is 7. The number of carboxylic acids is 1. The van der Waals surface area contributed by atoms with Crippen LogP contribution in [0.3, 0.4) is 0 Å². The first-order chi connectivity index (χ1) is 11.0. The lowest BCUT2D eigenvalue weighted by Gasteiger charge is -2.25. The van der Waals surface area contributed by atoms with Crippen LogP contribution >= 0.6 is 11.8 Å². The standard InChI is InChI=1S/C17H23NO4S/c1-3-18(11-13-7-6-10-22-13)16(19)14-8-4-5-9-15(14)23-12(2)17(20)21/h4-5,8-9,12-13H,3,6-7,10-11H2,1-2H3,(H,20,21). The van der Waals surface area contributed by atoms with Gasteiger partial charge < -0.3 is 14.7 Å². The number of ether oxygens (including phenoxy) is 1. The molecule has 1 aliphatic heterocycles. The number of hydrogen-bond donors (Lipinski definition) is 1. The number of thioether (sulfide) groups is 1. The third kappa shape index (κ3) is 4.72. The van der Waals surface area contributed by atoms with E-state index in [9.17, 15) is 9.59 Å². The van der Waals surface area contributed by atoms with E-state index in [1.807, 2.05) is 19.1 Å². The fourth-order valence-electron chi connectivity index (χ4n) is 2.55. The molecule has 0 saturated carbocycles. The van der Waals surface area contributed by atoms with Crippen molar-refractivity contribution in [2.75, 3.05) is 19.7 Å². The molecule has 2 unspecified atom stereocenters. The van der Waals surface area contributed by atoms with Crippen molar-refractivity contribution in [1.29, 1.82) is 0 Å². The highest BCUT2D eigenvalue weighted by atomic mass is 32.2. The minimum atomic E-state index is -0.885. The Kier molecular flexibility index (Phi) is 6.47. The molecule has 0 aromatic heterocycles. The van der Waals surface area contributed by atoms with E-state index in [4.69, 9.17) is 9.84 Å². The average Bonchev–Trinajstić information content (AvgIpc) is 3.05. The van der Waals surface area contributed by atoms with Crippen molar-refractivity contribution in [3.63, 3.8) is 0 Å². The third-order valence-electron chi connectivity index (χ3n) is 3.89. The molecule has 23 heavy (non-hydrogen) atoms. The van der Waals surface area contributed by atoms with Crippen LogP contribution in [-0.2, 0) is 9.53 Å². The highest BCUT2D eigenvalue weighted by molar-refractivity contribution is 8.00. The quantitative estimate of drug-likeness (QED) is 0.775. The zero-order valence-corrected chi connectivity index (χ0v) is 14.3. The number of carbonyl (C=O) groups excluding carboxylic acids is 1. The maximum absolute atomic E-state index is 12.8. The molecule has 1 fully saturated rings. The minimum absolute atomic E-state index is 0.0660. The largest absolute Gasteiger partial charge is 0.480 e. The van der Waals surface area contributed by atoms with Gasteiger partial charge in [-0.2, -0.15) is 0 Å². The van der Waals surface area contributed by atoms with Gasteiger partial charge in [0.2, 0.25) is 0 Å². The van der Waals surface area contributed by atoms with Gasteiger partial charge in [0.05, 0.1) is 11.7 Å². The molecule has 5 nitrogen and oxygen atoms in total. The second-order valence-electron chi connectivity index (χ2n) is 5.57. The van der Waals surface area contributed by atoms with Gasteiger partial charge in [0.1, 0.15) is 5.25 Å². The molecule has 2 atom stereocenters. The number of hydrogen-bond acceptors (Lipinski definition) is 4. The zero-order valence-electron chi connectivity index (χ0n) is 13.5. The molecule has 1 heterocycles. The van der Waals surface area contributed by atoms with Crippen LogP contribution in [-0.4, -0.2) is 52.9 Å². The summed E-state index contributed by atoms with van der Waals surface area (Å²) in [5.74, 6) is -0.951. The van der Waals surface area contributed by atoms with Crippen molar-refractivity contribution < 1.29 is 19.4 Å². The van der Waals surface area contributed by atoms with Gasteiger partial charge in [-0.1, -0.05) is 12.1 Å². The van der Waals surface area contributed by atoms with Gasteiger partial charge in [-0.25, -0.2) is 0 Å². The van der Waals surface area contributed by atoms with E-state index in [1.54, 1.807) is 24.0 Å². The average molecular weight is 337 g/mol. The lowest BCUT2D eigenvalue weighted by Crippen LogP contribution is -2.37. The summed E-state index contributed by atoms with van der Waals surface area (Å²) < 4.78 is 5.62. The Morgan fingerprint density at radius 2 is 2.17 bits per heavy atom. The Labute approximate surface area is 141 Å². The van der Waals surface area contributed by atoms with Gasteiger partial charge in [-0.3, -0.25) is 9.59 Å². The fourth-order valence-corrected chi connectivity index (χ4v) is 3.47. The summed E-state index contributed by atoms with van der Waals surface area (Å²) in [5, 5.41) is 8.49. The van der Waals surface area contributed by atoms with E-state index >= 15 is 0 Å². The topological polar surface area (TPSA) is 66.8 Å². The molecule has 0 aliphatic carbocycles. The number of aliphatic carboxylic acids is 1. The normalized spacial score (nSPS) is 18.6. The zero-order chi connectivity index (χ0) is 16.8. The fraction of sp³-hybridized carbons (Fsp3) is 0.529. The van der Waals surface area contributed by atoms with Crippen LogP contribution in [0.1, 0.15) is 37.0 Å². The molecule has 1 saturated heterocycles. The smallest absolute Gasteiger partial charge is 0.316 e. The third-order valence-corrected chi connectivity index (χ3v) is 5.05. The number of likely N-dealkylation sites (N-methyl/N-ethyl adjacent to an activating group) is 1. The molecule has 0 bridgehead atoms. The lowest BCUT2D eigenvalue weighted by molar-refractivity contribution is -0.136. The van der Waals surface area contributed by atoms with Crippen LogP contribution in [0.4, 0.5) is 0 Å². The molecule has 2 rings (SSSR count). The summed E-state index contributed by atoms with van der Waals surface area (Å²) in [6.07, 6.45) is 2.13. The Morgan fingerprint density at radius 1 is 1.43 bits per heavy atom. The Hall–Kier alpha value is -1.53. The lowest BCUT2D eigenvalue weighted by atomic mass is 10.1. The van der Waals surface area contributed by atoms with Crippen LogP contribution in [0.5, 0.6) is 0 Å². The molecule has 0 radical (unpaired) electrons. The number of amides is 1. The number of benzene rings is 1. The highest BCUT2D eigenvalue weighted by Crippen LogP contribution is 2.28. The summed E-state index contributed by atoms with van der Waals surface area (Å²) >= 11 is 1.20. The first-order valence-corrected chi connectivity index (χ1v) is 8.80. The van der Waals surface area contributed by atoms with Gasteiger partial charge >= 0.3 is 5.97 Å². The second kappa shape index (κ2) is 8.36. The van der Waals surface area contributed by atoms with Crippen LogP contribution in [0.15, 0.2) is 29.2 Å². The van der Waals surface area contributed by atoms with E-state index in [0.717, 1.165) is 19.4 Å². The Bertz CT molecular complexity index is 557. The molecule has 1 aromatic carbocycles. The Morgan fingerprint density at radius 3 is 2.78 bits per heavy atom. The van der Waals surface area contributed by atoms with Crippen molar-refractivity contribution in [3.8, 4) is 0 Å². The predicted molar refractivity (Wildman–Crippen MR) is 89.9 cm³/mol. The summed E-state index contributed by atoms with van der Waals surface area (Å²) in [6, 6.07) is 7.20. The molecule has 0 spiro atoms. The number of carboxylic acid groups (broad SMARTS) is 1. The first-order valence-electron chi connectivity index (χ1n) is 7.92. The van der Waals surface area contributed by atoms with Crippen molar-refractivity contribution in [2.24, 2.45) is 0 Å². The van der Waals surface area contributed by atoms with Gasteiger partial charge in [-0.15, -0.1) is 11.8 Å². The molecular weight excluding hydrogens is 314 g/mol. The summed E-state index contributed by atoms with van der Waals surface area (Å²) in [6.45, 7) is 5.52. The summed E-state index contributed by atoms with van der Waals surface area (Å²) in [5.41, 5.74) is 0.561. The van der Waals surface area contributed by atoms with Gasteiger partial charge in [-0.05, 0) is 38.8 Å². The van der Waals surface area contributed by atoms with Crippen molar-refractivity contribution in [3.05, 3.63) is 29.8 Å². The SMILES string of the molecule is CCN(CC1CCCO1)C(=O)c1ccccc1SC(C)C(=O)O. The molecule has 1 aliphatic rings. The molecule has 1 amide bonds. The van der Waals surface area contributed by atoms with Crippen molar-refractivity contribution in [2.45, 2.75) is 42.9 Å².